The summed E-state index contributed by atoms with van der Waals surface area (Å²) in [5.74, 6) is -3.00. The van der Waals surface area contributed by atoms with Crippen LogP contribution in [-0.2, 0) is 33.3 Å². The normalized spacial score (nSPS) is 21.9. The van der Waals surface area contributed by atoms with Crippen molar-refractivity contribution in [3.63, 3.8) is 0 Å². The molecule has 1 aromatic carbocycles. The number of para-hydroxylation sites is 1. The lowest BCUT2D eigenvalue weighted by molar-refractivity contribution is -0.166. The summed E-state index contributed by atoms with van der Waals surface area (Å²) in [5.41, 5.74) is 0.359. The largest absolute Gasteiger partial charge is 0.496 e. The number of esters is 3. The van der Waals surface area contributed by atoms with E-state index in [1.165, 1.54) is 18.0 Å². The van der Waals surface area contributed by atoms with E-state index < -0.39 is 75.5 Å². The van der Waals surface area contributed by atoms with E-state index in [1.54, 1.807) is 24.3 Å². The maximum atomic E-state index is 13.4. The lowest BCUT2D eigenvalue weighted by atomic mass is 10.1. The van der Waals surface area contributed by atoms with Gasteiger partial charge in [0.15, 0.2) is 24.1 Å². The highest BCUT2D eigenvalue weighted by molar-refractivity contribution is 6.14. The molecule has 3 aromatic rings. The maximum absolute atomic E-state index is 13.4. The molecule has 13 heteroatoms. The fraction of sp³-hybridized carbons (Fsp3) is 0.375. The second-order valence-electron chi connectivity index (χ2n) is 7.73. The first-order chi connectivity index (χ1) is 19.3. The van der Waals surface area contributed by atoms with Crippen LogP contribution in [0.15, 0.2) is 36.9 Å². The molecule has 1 unspecified atom stereocenters. The first-order valence-corrected chi connectivity index (χ1v) is 10.8. The second kappa shape index (κ2) is 10.7. The number of hydrogen-bond acceptors (Lipinski definition) is 12. The monoisotopic (exact) mass is 515 g/mol. The lowest BCUT2D eigenvalue weighted by Crippen LogP contribution is -2.40. The Bertz CT molecular complexity index is 1420. The van der Waals surface area contributed by atoms with Gasteiger partial charge in [-0.1, -0.05) is 12.1 Å². The molecule has 4 rings (SSSR count). The number of fused-ring (bicyclic) bond motifs is 1. The zero-order valence-electron chi connectivity index (χ0n) is 22.6. The number of hydrogen-bond donors (Lipinski definition) is 0. The zero-order chi connectivity index (χ0) is 28.8. The van der Waals surface area contributed by atoms with Crippen molar-refractivity contribution in [2.75, 3.05) is 13.7 Å². The highest BCUT2D eigenvalue weighted by Crippen LogP contribution is 2.36. The Kier molecular flexibility index (Phi) is 6.32. The molecular formula is C24H24N4O9. The quantitative estimate of drug-likeness (QED) is 0.241. The van der Waals surface area contributed by atoms with Crippen molar-refractivity contribution < 1.29 is 47.0 Å². The van der Waals surface area contributed by atoms with Gasteiger partial charge in [-0.15, -0.1) is 0 Å². The van der Waals surface area contributed by atoms with Gasteiger partial charge in [0.05, 0.1) is 19.0 Å². The minimum Gasteiger partial charge on any atom is -0.496 e. The molecule has 1 fully saturated rings. The van der Waals surface area contributed by atoms with Crippen molar-refractivity contribution in [2.24, 2.45) is 0 Å². The van der Waals surface area contributed by atoms with Gasteiger partial charge in [0.2, 0.25) is 5.78 Å². The Hall–Kier alpha value is -4.39. The Morgan fingerprint density at radius 3 is 2.46 bits per heavy atom. The number of rotatable bonds is 8. The third kappa shape index (κ3) is 5.26. The molecule has 1 aliphatic heterocycles. The van der Waals surface area contributed by atoms with Crippen LogP contribution in [0.2, 0.25) is 0 Å². The van der Waals surface area contributed by atoms with Crippen molar-refractivity contribution in [2.45, 2.75) is 45.2 Å². The molecule has 3 heterocycles. The summed E-state index contributed by atoms with van der Waals surface area (Å²) in [6.07, 6.45) is -2.80. The van der Waals surface area contributed by atoms with Crippen LogP contribution in [0.5, 0.6) is 5.75 Å². The summed E-state index contributed by atoms with van der Waals surface area (Å²) in [4.78, 5) is 61.8. The number of ether oxygens (including phenoxy) is 5. The molecule has 13 nitrogen and oxygen atoms in total. The van der Waals surface area contributed by atoms with Gasteiger partial charge in [-0.2, -0.15) is 0 Å². The Balaban J connectivity index is 1.76. The fourth-order valence-electron chi connectivity index (χ4n) is 3.98. The van der Waals surface area contributed by atoms with E-state index in [2.05, 4.69) is 15.0 Å². The average Bonchev–Trinajstić information content (AvgIpc) is 3.56. The summed E-state index contributed by atoms with van der Waals surface area (Å²) in [6.45, 7) is -2.66. The second-order valence-corrected chi connectivity index (χ2v) is 7.73. The molecule has 0 radical (unpaired) electrons. The minimum absolute atomic E-state index is 0.0518. The molecule has 1 aliphatic rings. The molecule has 194 valence electrons. The maximum Gasteiger partial charge on any atom is 0.303 e. The van der Waals surface area contributed by atoms with Crippen LogP contribution in [0.1, 0.15) is 47.1 Å². The van der Waals surface area contributed by atoms with Crippen LogP contribution in [0.4, 0.5) is 0 Å². The number of imidazole rings is 1. The highest BCUT2D eigenvalue weighted by atomic mass is 16.7. The van der Waals surface area contributed by atoms with Crippen LogP contribution in [-0.4, -0.2) is 75.2 Å². The van der Waals surface area contributed by atoms with E-state index in [4.69, 9.17) is 27.8 Å². The number of nitrogens with zero attached hydrogens (tertiary/aromatic N) is 4. The molecule has 4 atom stereocenters. The number of aromatic nitrogens is 4. The number of ketones is 1. The van der Waals surface area contributed by atoms with Gasteiger partial charge in [-0.05, 0) is 12.1 Å². The summed E-state index contributed by atoms with van der Waals surface area (Å²) in [6, 6.07) is 6.55. The van der Waals surface area contributed by atoms with Crippen molar-refractivity contribution in [1.82, 2.24) is 19.5 Å². The van der Waals surface area contributed by atoms with Crippen LogP contribution < -0.4 is 4.74 Å². The SMILES string of the molecule is [2H]CC(=O)OC[C@H]1OC(n2cnc3c(C(=O)c4ccccc4OC)ncnc32)[C@H](OC(=O)C[2H])[C@@H]1OC(=O)C[2H]. The van der Waals surface area contributed by atoms with Crippen LogP contribution in [0, 0.1) is 0 Å². The Morgan fingerprint density at radius 1 is 1.00 bits per heavy atom. The molecule has 0 amide bonds. The fourth-order valence-corrected chi connectivity index (χ4v) is 3.98. The molecular weight excluding hydrogens is 488 g/mol. The molecule has 0 saturated carbocycles. The number of carbonyl (C=O) groups is 4. The standard InChI is InChI=1S/C24H24N4O9/c1-12(29)34-9-17-21(35-13(2)30)22(36-14(3)31)24(37-17)28-11-27-19-18(25-10-26-23(19)28)20(32)15-7-5-6-8-16(15)33-4/h5-8,10-11,17,21-22,24H,9H2,1-4H3/t17-,21-,22-,24?/m1/s1/i1D,2D,3D. The van der Waals surface area contributed by atoms with E-state index in [0.29, 0.717) is 5.75 Å². The average molecular weight is 515 g/mol. The number of benzene rings is 1. The van der Waals surface area contributed by atoms with Gasteiger partial charge in [0, 0.05) is 24.8 Å². The summed E-state index contributed by atoms with van der Waals surface area (Å²) in [5, 5.41) is 0. The third-order valence-corrected chi connectivity index (χ3v) is 5.43. The molecule has 37 heavy (non-hydrogen) atoms. The summed E-state index contributed by atoms with van der Waals surface area (Å²) >= 11 is 0. The predicted molar refractivity (Wildman–Crippen MR) is 123 cm³/mol. The molecule has 0 bridgehead atoms. The van der Waals surface area contributed by atoms with E-state index >= 15 is 0 Å². The summed E-state index contributed by atoms with van der Waals surface area (Å²) < 4.78 is 50.1. The van der Waals surface area contributed by atoms with Crippen molar-refractivity contribution in [3.05, 3.63) is 48.2 Å². The van der Waals surface area contributed by atoms with Crippen LogP contribution >= 0.6 is 0 Å². The molecule has 0 aliphatic carbocycles. The highest BCUT2D eigenvalue weighted by Gasteiger charge is 2.51. The molecule has 2 aromatic heterocycles. The van der Waals surface area contributed by atoms with E-state index in [-0.39, 0.29) is 22.4 Å². The van der Waals surface area contributed by atoms with Crippen LogP contribution in [0.25, 0.3) is 11.2 Å². The molecule has 0 N–H and O–H groups in total. The van der Waals surface area contributed by atoms with Gasteiger partial charge in [0.25, 0.3) is 0 Å². The zero-order valence-corrected chi connectivity index (χ0v) is 19.6. The van der Waals surface area contributed by atoms with Crippen molar-refractivity contribution in [3.8, 4) is 5.75 Å². The van der Waals surface area contributed by atoms with E-state index in [0.717, 1.165) is 6.33 Å². The Labute approximate surface area is 214 Å². The van der Waals surface area contributed by atoms with E-state index in [1.807, 2.05) is 0 Å². The lowest BCUT2D eigenvalue weighted by Gasteiger charge is -2.23. The van der Waals surface area contributed by atoms with Gasteiger partial charge in [-0.3, -0.25) is 23.7 Å². The molecule has 1 saturated heterocycles. The first kappa shape index (κ1) is 21.9. The van der Waals surface area contributed by atoms with E-state index in [9.17, 15) is 19.2 Å². The smallest absolute Gasteiger partial charge is 0.303 e. The summed E-state index contributed by atoms with van der Waals surface area (Å²) in [7, 11) is 1.42. The first-order valence-electron chi connectivity index (χ1n) is 12.9. The van der Waals surface area contributed by atoms with Gasteiger partial charge in [-0.25, -0.2) is 15.0 Å². The van der Waals surface area contributed by atoms with Gasteiger partial charge < -0.3 is 23.7 Å². The predicted octanol–water partition coefficient (Wildman–Crippen LogP) is 1.39. The third-order valence-electron chi connectivity index (χ3n) is 5.43. The Morgan fingerprint density at radius 2 is 1.73 bits per heavy atom. The van der Waals surface area contributed by atoms with Gasteiger partial charge in [0.1, 0.15) is 36.0 Å². The topological polar surface area (TPSA) is 158 Å². The minimum atomic E-state index is -1.38. The number of carbonyl (C=O) groups excluding carboxylic acids is 4. The van der Waals surface area contributed by atoms with Crippen molar-refractivity contribution >= 4 is 34.9 Å². The van der Waals surface area contributed by atoms with Crippen LogP contribution in [0.3, 0.4) is 0 Å². The van der Waals surface area contributed by atoms with Gasteiger partial charge >= 0.3 is 17.9 Å². The molecule has 0 spiro atoms. The number of methoxy groups -OCH3 is 1. The van der Waals surface area contributed by atoms with Crippen molar-refractivity contribution in [1.29, 1.82) is 0 Å².